The van der Waals surface area contributed by atoms with Crippen molar-refractivity contribution in [3.05, 3.63) is 0 Å². The molecule has 1 heterocycles. The predicted octanol–water partition coefficient (Wildman–Crippen LogP) is 2.67. The van der Waals surface area contributed by atoms with Crippen molar-refractivity contribution in [2.75, 3.05) is 18.8 Å². The summed E-state index contributed by atoms with van der Waals surface area (Å²) in [7, 11) is 0. The third-order valence-electron chi connectivity index (χ3n) is 4.16. The summed E-state index contributed by atoms with van der Waals surface area (Å²) >= 11 is 2.01. The molecule has 2 fully saturated rings. The first kappa shape index (κ1) is 17.1. The van der Waals surface area contributed by atoms with E-state index in [2.05, 4.69) is 11.8 Å². The van der Waals surface area contributed by atoms with Crippen molar-refractivity contribution >= 4 is 30.1 Å². The minimum atomic E-state index is 0. The number of hydrogen-bond acceptors (Lipinski definition) is 3. The Labute approximate surface area is 127 Å². The van der Waals surface area contributed by atoms with Crippen LogP contribution in [0.15, 0.2) is 0 Å². The number of halogens is 1. The Balaban J connectivity index is 0.00000180. The fourth-order valence-corrected chi connectivity index (χ4v) is 4.26. The molecule has 1 saturated carbocycles. The quantitative estimate of drug-likeness (QED) is 0.872. The first-order chi connectivity index (χ1) is 8.70. The first-order valence-corrected chi connectivity index (χ1v) is 8.41. The summed E-state index contributed by atoms with van der Waals surface area (Å²) in [6.45, 7) is 4.13. The zero-order chi connectivity index (χ0) is 13.0. The highest BCUT2D eigenvalue weighted by Crippen LogP contribution is 2.28. The number of carbonyl (C=O) groups is 1. The lowest BCUT2D eigenvalue weighted by atomic mass is 10.1. The summed E-state index contributed by atoms with van der Waals surface area (Å²) < 4.78 is 0. The minimum absolute atomic E-state index is 0. The maximum Gasteiger partial charge on any atom is 0.225 e. The largest absolute Gasteiger partial charge is 0.341 e. The maximum atomic E-state index is 12.5. The molecule has 1 amide bonds. The highest BCUT2D eigenvalue weighted by atomic mass is 35.5. The predicted molar refractivity (Wildman–Crippen MR) is 84.9 cm³/mol. The molecule has 0 radical (unpaired) electrons. The molecule has 1 aliphatic carbocycles. The Bertz CT molecular complexity index is 291. The van der Waals surface area contributed by atoms with Crippen molar-refractivity contribution in [3.63, 3.8) is 0 Å². The van der Waals surface area contributed by atoms with Gasteiger partial charge in [0.1, 0.15) is 0 Å². The third-order valence-corrected chi connectivity index (χ3v) is 5.35. The molecule has 2 rings (SSSR count). The Morgan fingerprint density at radius 2 is 2.11 bits per heavy atom. The summed E-state index contributed by atoms with van der Waals surface area (Å²) in [5, 5.41) is 0.650. The van der Waals surface area contributed by atoms with Crippen LogP contribution in [-0.2, 0) is 4.79 Å². The lowest BCUT2D eigenvalue weighted by Crippen LogP contribution is -2.39. The van der Waals surface area contributed by atoms with E-state index in [0.29, 0.717) is 11.2 Å². The summed E-state index contributed by atoms with van der Waals surface area (Å²) in [5.74, 6) is 1.75. The van der Waals surface area contributed by atoms with Crippen molar-refractivity contribution in [1.29, 1.82) is 0 Å². The Kier molecular flexibility index (Phi) is 7.55. The van der Waals surface area contributed by atoms with Gasteiger partial charge in [0.2, 0.25) is 5.91 Å². The topological polar surface area (TPSA) is 46.3 Å². The maximum absolute atomic E-state index is 12.5. The summed E-state index contributed by atoms with van der Waals surface area (Å²) in [4.78, 5) is 14.6. The van der Waals surface area contributed by atoms with Gasteiger partial charge in [-0.1, -0.05) is 13.3 Å². The molecule has 3 atom stereocenters. The zero-order valence-corrected chi connectivity index (χ0v) is 13.5. The van der Waals surface area contributed by atoms with Crippen molar-refractivity contribution in [1.82, 2.24) is 4.90 Å². The number of thioether (sulfide) groups is 1. The first-order valence-electron chi connectivity index (χ1n) is 7.36. The van der Waals surface area contributed by atoms with Gasteiger partial charge in [-0.25, -0.2) is 0 Å². The van der Waals surface area contributed by atoms with Gasteiger partial charge in [-0.15, -0.1) is 12.4 Å². The van der Waals surface area contributed by atoms with E-state index in [-0.39, 0.29) is 24.4 Å². The lowest BCUT2D eigenvalue weighted by molar-refractivity contribution is -0.135. The number of nitrogens with zero attached hydrogens (tertiary/aromatic N) is 1. The Morgan fingerprint density at radius 1 is 1.32 bits per heavy atom. The standard InChI is InChI=1S/C14H26N2OS.ClH/c1-2-18-13-5-3-4-8-16(10-13)14(17)11-6-7-12(15)9-11;/h11-13H,2-10,15H2,1H3;1H. The van der Waals surface area contributed by atoms with Crippen LogP contribution in [0.2, 0.25) is 0 Å². The molecule has 0 aromatic carbocycles. The van der Waals surface area contributed by atoms with E-state index < -0.39 is 0 Å². The normalized spacial score (nSPS) is 31.7. The van der Waals surface area contributed by atoms with Gasteiger partial charge in [-0.2, -0.15) is 11.8 Å². The summed E-state index contributed by atoms with van der Waals surface area (Å²) in [5.41, 5.74) is 5.92. The number of amides is 1. The molecular formula is C14H27ClN2OS. The van der Waals surface area contributed by atoms with E-state index in [1.165, 1.54) is 19.3 Å². The van der Waals surface area contributed by atoms with Crippen LogP contribution in [0.5, 0.6) is 0 Å². The van der Waals surface area contributed by atoms with Gasteiger partial charge in [0.05, 0.1) is 0 Å². The van der Waals surface area contributed by atoms with E-state index in [1.807, 2.05) is 11.8 Å². The van der Waals surface area contributed by atoms with Gasteiger partial charge in [0.15, 0.2) is 0 Å². The second kappa shape index (κ2) is 8.38. The number of nitrogens with two attached hydrogens (primary N) is 1. The molecule has 5 heteroatoms. The lowest BCUT2D eigenvalue weighted by Gasteiger charge is -2.26. The van der Waals surface area contributed by atoms with Crippen molar-refractivity contribution in [2.45, 2.75) is 56.7 Å². The number of carbonyl (C=O) groups excluding carboxylic acids is 1. The molecule has 3 unspecified atom stereocenters. The van der Waals surface area contributed by atoms with E-state index >= 15 is 0 Å². The van der Waals surface area contributed by atoms with Gasteiger partial charge in [-0.3, -0.25) is 4.79 Å². The van der Waals surface area contributed by atoms with Gasteiger partial charge in [0.25, 0.3) is 0 Å². The van der Waals surface area contributed by atoms with Crippen molar-refractivity contribution < 1.29 is 4.79 Å². The van der Waals surface area contributed by atoms with Gasteiger partial charge in [0, 0.05) is 30.3 Å². The second-order valence-corrected chi connectivity index (χ2v) is 7.20. The summed E-state index contributed by atoms with van der Waals surface area (Å²) in [6, 6.07) is 0.256. The zero-order valence-electron chi connectivity index (χ0n) is 11.8. The van der Waals surface area contributed by atoms with E-state index in [1.54, 1.807) is 0 Å². The second-order valence-electron chi connectivity index (χ2n) is 5.63. The number of hydrogen-bond donors (Lipinski definition) is 1. The van der Waals surface area contributed by atoms with Crippen LogP contribution < -0.4 is 5.73 Å². The smallest absolute Gasteiger partial charge is 0.225 e. The van der Waals surface area contributed by atoms with Crippen molar-refractivity contribution in [2.24, 2.45) is 11.7 Å². The molecular weight excluding hydrogens is 280 g/mol. The van der Waals surface area contributed by atoms with Gasteiger partial charge in [-0.05, 0) is 37.9 Å². The third kappa shape index (κ3) is 4.83. The molecule has 0 aromatic heterocycles. The van der Waals surface area contributed by atoms with E-state index in [0.717, 1.165) is 38.1 Å². The molecule has 1 aliphatic heterocycles. The van der Waals surface area contributed by atoms with Crippen LogP contribution in [0.25, 0.3) is 0 Å². The van der Waals surface area contributed by atoms with Crippen LogP contribution in [0, 0.1) is 5.92 Å². The van der Waals surface area contributed by atoms with Crippen molar-refractivity contribution in [3.8, 4) is 0 Å². The molecule has 19 heavy (non-hydrogen) atoms. The summed E-state index contributed by atoms with van der Waals surface area (Å²) in [6.07, 6.45) is 6.64. The highest BCUT2D eigenvalue weighted by Gasteiger charge is 2.32. The minimum Gasteiger partial charge on any atom is -0.341 e. The van der Waals surface area contributed by atoms with E-state index in [9.17, 15) is 4.79 Å². The van der Waals surface area contributed by atoms with Crippen LogP contribution in [-0.4, -0.2) is 40.9 Å². The molecule has 2 N–H and O–H groups in total. The molecule has 1 saturated heterocycles. The van der Waals surface area contributed by atoms with Gasteiger partial charge < -0.3 is 10.6 Å². The van der Waals surface area contributed by atoms with Crippen LogP contribution >= 0.6 is 24.2 Å². The number of rotatable bonds is 3. The molecule has 3 nitrogen and oxygen atoms in total. The SMILES string of the molecule is CCSC1CCCCN(C(=O)C2CCC(N)C2)C1.Cl. The van der Waals surface area contributed by atoms with Gasteiger partial charge >= 0.3 is 0 Å². The fraction of sp³-hybridized carbons (Fsp3) is 0.929. The van der Waals surface area contributed by atoms with E-state index in [4.69, 9.17) is 5.73 Å². The Hall–Kier alpha value is 0.0700. The number of likely N-dealkylation sites (tertiary alicyclic amines) is 1. The molecule has 0 spiro atoms. The fourth-order valence-electron chi connectivity index (χ4n) is 3.17. The molecule has 0 bridgehead atoms. The molecule has 0 aromatic rings. The monoisotopic (exact) mass is 306 g/mol. The average Bonchev–Trinajstić information content (AvgIpc) is 2.65. The molecule has 112 valence electrons. The average molecular weight is 307 g/mol. The van der Waals surface area contributed by atoms with Crippen LogP contribution in [0.1, 0.15) is 45.4 Å². The molecule has 2 aliphatic rings. The Morgan fingerprint density at radius 3 is 2.74 bits per heavy atom. The highest BCUT2D eigenvalue weighted by molar-refractivity contribution is 7.99. The van der Waals surface area contributed by atoms with Crippen LogP contribution in [0.3, 0.4) is 0 Å². The van der Waals surface area contributed by atoms with Crippen LogP contribution in [0.4, 0.5) is 0 Å².